The molecule has 68 valence electrons. The van der Waals surface area contributed by atoms with Crippen molar-refractivity contribution in [3.05, 3.63) is 12.2 Å². The monoisotopic (exact) mass is 170 g/mol. The van der Waals surface area contributed by atoms with Crippen molar-refractivity contribution in [1.82, 2.24) is 0 Å². The van der Waals surface area contributed by atoms with Crippen molar-refractivity contribution in [3.8, 4) is 0 Å². The minimum absolute atomic E-state index is 0.303. The van der Waals surface area contributed by atoms with Crippen molar-refractivity contribution in [3.63, 3.8) is 0 Å². The van der Waals surface area contributed by atoms with Gasteiger partial charge in [-0.05, 0) is 5.41 Å². The fourth-order valence-corrected chi connectivity index (χ4v) is 0.498. The van der Waals surface area contributed by atoms with Crippen molar-refractivity contribution in [2.24, 2.45) is 5.41 Å². The SMILES string of the molecule is C=C(C(=O)OC(C)=O)C(C)(C)C. The van der Waals surface area contributed by atoms with Gasteiger partial charge in [0.15, 0.2) is 0 Å². The lowest BCUT2D eigenvalue weighted by Gasteiger charge is -2.18. The van der Waals surface area contributed by atoms with E-state index in [1.165, 1.54) is 6.92 Å². The van der Waals surface area contributed by atoms with E-state index < -0.39 is 11.9 Å². The van der Waals surface area contributed by atoms with E-state index in [0.29, 0.717) is 5.57 Å². The van der Waals surface area contributed by atoms with Crippen molar-refractivity contribution >= 4 is 11.9 Å². The van der Waals surface area contributed by atoms with Crippen molar-refractivity contribution in [2.45, 2.75) is 27.7 Å². The van der Waals surface area contributed by atoms with Crippen molar-refractivity contribution in [1.29, 1.82) is 0 Å². The van der Waals surface area contributed by atoms with Crippen LogP contribution in [0.3, 0.4) is 0 Å². The topological polar surface area (TPSA) is 43.4 Å². The van der Waals surface area contributed by atoms with Gasteiger partial charge in [0.2, 0.25) is 0 Å². The van der Waals surface area contributed by atoms with E-state index in [9.17, 15) is 9.59 Å². The second-order valence-electron chi connectivity index (χ2n) is 3.61. The van der Waals surface area contributed by atoms with Gasteiger partial charge in [-0.25, -0.2) is 4.79 Å². The zero-order valence-electron chi connectivity index (χ0n) is 7.93. The lowest BCUT2D eigenvalue weighted by Crippen LogP contribution is -2.20. The van der Waals surface area contributed by atoms with E-state index in [4.69, 9.17) is 0 Å². The number of carbonyl (C=O) groups excluding carboxylic acids is 2. The number of rotatable bonds is 1. The minimum atomic E-state index is -0.644. The Morgan fingerprint density at radius 1 is 1.25 bits per heavy atom. The zero-order chi connectivity index (χ0) is 9.94. The molecular formula is C9H14O3. The molecule has 3 heteroatoms. The summed E-state index contributed by atoms with van der Waals surface area (Å²) in [7, 11) is 0. The molecule has 0 unspecified atom stereocenters. The quantitative estimate of drug-likeness (QED) is 0.341. The van der Waals surface area contributed by atoms with Gasteiger partial charge in [0.1, 0.15) is 0 Å². The average Bonchev–Trinajstić information content (AvgIpc) is 1.82. The maximum Gasteiger partial charge on any atom is 0.341 e. The van der Waals surface area contributed by atoms with Crippen LogP contribution in [-0.2, 0) is 14.3 Å². The van der Waals surface area contributed by atoms with Gasteiger partial charge < -0.3 is 4.74 Å². The molecule has 0 aliphatic heterocycles. The molecule has 0 aliphatic rings. The Kier molecular flexibility index (Phi) is 3.19. The molecule has 3 nitrogen and oxygen atoms in total. The van der Waals surface area contributed by atoms with Crippen LogP contribution in [-0.4, -0.2) is 11.9 Å². The van der Waals surface area contributed by atoms with Gasteiger partial charge >= 0.3 is 11.9 Å². The average molecular weight is 170 g/mol. The molecule has 0 saturated heterocycles. The van der Waals surface area contributed by atoms with Crippen LogP contribution >= 0.6 is 0 Å². The summed E-state index contributed by atoms with van der Waals surface area (Å²) in [6.45, 7) is 10.2. The molecule has 0 N–H and O–H groups in total. The molecule has 0 rings (SSSR count). The Labute approximate surface area is 72.4 Å². The minimum Gasteiger partial charge on any atom is -0.390 e. The normalized spacial score (nSPS) is 10.7. The summed E-state index contributed by atoms with van der Waals surface area (Å²) in [5.74, 6) is -1.25. The first-order chi connectivity index (χ1) is 5.25. The zero-order valence-corrected chi connectivity index (χ0v) is 7.93. The molecule has 0 spiro atoms. The summed E-state index contributed by atoms with van der Waals surface area (Å²) in [6, 6.07) is 0. The molecule has 0 radical (unpaired) electrons. The summed E-state index contributed by atoms with van der Waals surface area (Å²) in [5.41, 5.74) is -0.0512. The predicted molar refractivity (Wildman–Crippen MR) is 45.4 cm³/mol. The van der Waals surface area contributed by atoms with E-state index in [-0.39, 0.29) is 5.41 Å². The van der Waals surface area contributed by atoms with Crippen LogP contribution in [0.4, 0.5) is 0 Å². The van der Waals surface area contributed by atoms with Gasteiger partial charge in [0.05, 0.1) is 0 Å². The fraction of sp³-hybridized carbons (Fsp3) is 0.556. The highest BCUT2D eigenvalue weighted by Gasteiger charge is 2.23. The number of hydrogen-bond acceptors (Lipinski definition) is 3. The molecule has 0 fully saturated rings. The van der Waals surface area contributed by atoms with Gasteiger partial charge in [-0.3, -0.25) is 4.79 Å². The number of carbonyl (C=O) groups is 2. The van der Waals surface area contributed by atoms with Crippen LogP contribution in [0.1, 0.15) is 27.7 Å². The van der Waals surface area contributed by atoms with Gasteiger partial charge in [-0.2, -0.15) is 0 Å². The molecule has 0 atom stereocenters. The van der Waals surface area contributed by atoms with Gasteiger partial charge in [-0.1, -0.05) is 27.4 Å². The highest BCUT2D eigenvalue weighted by Crippen LogP contribution is 2.24. The lowest BCUT2D eigenvalue weighted by molar-refractivity contribution is -0.155. The van der Waals surface area contributed by atoms with Crippen LogP contribution in [0.25, 0.3) is 0 Å². The molecule has 0 saturated carbocycles. The first-order valence-electron chi connectivity index (χ1n) is 3.67. The number of hydrogen-bond donors (Lipinski definition) is 0. The Hall–Kier alpha value is -1.12. The molecule has 0 aromatic heterocycles. The predicted octanol–water partition coefficient (Wildman–Crippen LogP) is 1.68. The summed E-state index contributed by atoms with van der Waals surface area (Å²) in [4.78, 5) is 21.5. The van der Waals surface area contributed by atoms with Crippen LogP contribution in [0.15, 0.2) is 12.2 Å². The van der Waals surface area contributed by atoms with E-state index in [1.54, 1.807) is 0 Å². The lowest BCUT2D eigenvalue weighted by atomic mass is 9.88. The summed E-state index contributed by atoms with van der Waals surface area (Å²) in [6.07, 6.45) is 0. The largest absolute Gasteiger partial charge is 0.390 e. The molecule has 0 aromatic carbocycles. The van der Waals surface area contributed by atoms with Crippen LogP contribution < -0.4 is 0 Å². The molecule has 0 aliphatic carbocycles. The molecular weight excluding hydrogens is 156 g/mol. The second kappa shape index (κ2) is 3.52. The third-order valence-corrected chi connectivity index (χ3v) is 1.39. The number of esters is 2. The summed E-state index contributed by atoms with van der Waals surface area (Å²) < 4.78 is 4.36. The van der Waals surface area contributed by atoms with Crippen LogP contribution in [0.2, 0.25) is 0 Å². The standard InChI is InChI=1S/C9H14O3/c1-6(9(3,4)5)8(11)12-7(2)10/h1H2,2-5H3. The second-order valence-corrected chi connectivity index (χ2v) is 3.61. The molecule has 0 heterocycles. The van der Waals surface area contributed by atoms with E-state index in [0.717, 1.165) is 0 Å². The number of ether oxygens (including phenoxy) is 1. The maximum atomic E-state index is 11.1. The molecule has 0 bridgehead atoms. The third kappa shape index (κ3) is 3.32. The van der Waals surface area contributed by atoms with E-state index >= 15 is 0 Å². The maximum absolute atomic E-state index is 11.1. The fourth-order valence-electron chi connectivity index (χ4n) is 0.498. The summed E-state index contributed by atoms with van der Waals surface area (Å²) >= 11 is 0. The van der Waals surface area contributed by atoms with Crippen LogP contribution in [0.5, 0.6) is 0 Å². The highest BCUT2D eigenvalue weighted by atomic mass is 16.6. The first-order valence-corrected chi connectivity index (χ1v) is 3.67. The molecule has 0 aromatic rings. The van der Waals surface area contributed by atoms with E-state index in [2.05, 4.69) is 11.3 Å². The van der Waals surface area contributed by atoms with Crippen LogP contribution in [0, 0.1) is 5.41 Å². The Balaban J connectivity index is 4.32. The van der Waals surface area contributed by atoms with E-state index in [1.807, 2.05) is 20.8 Å². The summed E-state index contributed by atoms with van der Waals surface area (Å²) in [5, 5.41) is 0. The Morgan fingerprint density at radius 2 is 1.67 bits per heavy atom. The highest BCUT2D eigenvalue weighted by molar-refractivity contribution is 5.95. The smallest absolute Gasteiger partial charge is 0.341 e. The van der Waals surface area contributed by atoms with Gasteiger partial charge in [-0.15, -0.1) is 0 Å². The third-order valence-electron chi connectivity index (χ3n) is 1.39. The first kappa shape index (κ1) is 10.9. The van der Waals surface area contributed by atoms with Crippen molar-refractivity contribution in [2.75, 3.05) is 0 Å². The molecule has 0 amide bonds. The molecule has 12 heavy (non-hydrogen) atoms. The Bertz CT molecular complexity index is 220. The van der Waals surface area contributed by atoms with Gasteiger partial charge in [0, 0.05) is 12.5 Å². The Morgan fingerprint density at radius 3 is 1.92 bits per heavy atom. The van der Waals surface area contributed by atoms with Gasteiger partial charge in [0.25, 0.3) is 0 Å². The van der Waals surface area contributed by atoms with Crippen molar-refractivity contribution < 1.29 is 14.3 Å².